The first-order valence-electron chi connectivity index (χ1n) is 8.39. The Hall–Kier alpha value is -0.550. The first-order chi connectivity index (χ1) is 11.4. The summed E-state index contributed by atoms with van der Waals surface area (Å²) in [6, 6.07) is 0.145. The Morgan fingerprint density at radius 2 is 2.29 bits per heavy atom. The van der Waals surface area contributed by atoms with E-state index in [1.807, 2.05) is 11.6 Å². The highest BCUT2D eigenvalue weighted by molar-refractivity contribution is 7.91. The summed E-state index contributed by atoms with van der Waals surface area (Å²) in [5.74, 6) is 0.576. The first-order valence-corrected chi connectivity index (χ1v) is 11.4. The van der Waals surface area contributed by atoms with Gasteiger partial charge in [-0.3, -0.25) is 0 Å². The molecule has 1 saturated heterocycles. The van der Waals surface area contributed by atoms with Gasteiger partial charge < -0.3 is 15.0 Å². The van der Waals surface area contributed by atoms with E-state index in [-0.39, 0.29) is 11.8 Å². The Balaban J connectivity index is 1.90. The molecule has 0 radical (unpaired) electrons. The van der Waals surface area contributed by atoms with Gasteiger partial charge in [-0.1, -0.05) is 11.3 Å². The average molecular weight is 396 g/mol. The molecular formula is C14H27N4O3S3+. The third-order valence-corrected chi connectivity index (χ3v) is 7.20. The van der Waals surface area contributed by atoms with E-state index in [1.165, 1.54) is 16.2 Å². The lowest BCUT2D eigenvalue weighted by Gasteiger charge is -2.22. The number of hydrogen-bond donors (Lipinski definition) is 2. The molecule has 7 nitrogen and oxygen atoms in total. The van der Waals surface area contributed by atoms with E-state index in [0.29, 0.717) is 16.4 Å². The molecule has 1 unspecified atom stereocenters. The van der Waals surface area contributed by atoms with Gasteiger partial charge in [0.05, 0.1) is 12.3 Å². The van der Waals surface area contributed by atoms with Crippen molar-refractivity contribution in [3.8, 4) is 0 Å². The molecule has 2 N–H and O–H groups in total. The zero-order valence-electron chi connectivity index (χ0n) is 14.3. The molecule has 1 aliphatic rings. The summed E-state index contributed by atoms with van der Waals surface area (Å²) in [7, 11) is -2.87. The van der Waals surface area contributed by atoms with E-state index < -0.39 is 9.84 Å². The lowest BCUT2D eigenvalue weighted by molar-refractivity contribution is -0.943. The number of nitrogens with zero attached hydrogens (tertiary/aromatic N) is 2. The molecule has 0 amide bonds. The van der Waals surface area contributed by atoms with Crippen LogP contribution in [-0.2, 0) is 21.2 Å². The van der Waals surface area contributed by atoms with Crippen molar-refractivity contribution >= 4 is 38.5 Å². The number of hydrogen-bond acceptors (Lipinski definition) is 7. The SMILES string of the molecule is CCOCCCNc1nn(C[NH+](CC)[C@@H]2CCS(=O)(=O)C2)c(=S)s1. The molecule has 2 rings (SSSR count). The minimum Gasteiger partial charge on any atom is -0.382 e. The van der Waals surface area contributed by atoms with E-state index in [1.54, 1.807) is 0 Å². The molecule has 1 aromatic rings. The number of quaternary nitrogens is 1. The zero-order valence-corrected chi connectivity index (χ0v) is 16.7. The fourth-order valence-corrected chi connectivity index (χ4v) is 5.69. The summed E-state index contributed by atoms with van der Waals surface area (Å²) in [5, 5.41) is 8.62. The lowest BCUT2D eigenvalue weighted by Crippen LogP contribution is -3.15. The number of rotatable bonds is 10. The molecule has 1 aliphatic heterocycles. The maximum absolute atomic E-state index is 11.7. The molecule has 138 valence electrons. The average Bonchev–Trinajstić information content (AvgIpc) is 3.07. The topological polar surface area (TPSA) is 77.7 Å². The second kappa shape index (κ2) is 9.23. The van der Waals surface area contributed by atoms with Gasteiger partial charge in [0.2, 0.25) is 5.13 Å². The maximum Gasteiger partial charge on any atom is 0.204 e. The molecule has 24 heavy (non-hydrogen) atoms. The van der Waals surface area contributed by atoms with Crippen LogP contribution in [0.3, 0.4) is 0 Å². The van der Waals surface area contributed by atoms with Gasteiger partial charge in [-0.05, 0) is 32.5 Å². The number of ether oxygens (including phenoxy) is 1. The number of nitrogens with one attached hydrogen (secondary N) is 2. The predicted molar refractivity (Wildman–Crippen MR) is 99.1 cm³/mol. The van der Waals surface area contributed by atoms with Crippen molar-refractivity contribution in [2.75, 3.05) is 43.1 Å². The third-order valence-electron chi connectivity index (χ3n) is 4.17. The molecule has 0 saturated carbocycles. The van der Waals surface area contributed by atoms with E-state index in [9.17, 15) is 8.42 Å². The first kappa shape index (κ1) is 19.8. The summed E-state index contributed by atoms with van der Waals surface area (Å²) in [5.41, 5.74) is 0. The summed E-state index contributed by atoms with van der Waals surface area (Å²) in [6.45, 7) is 7.80. The summed E-state index contributed by atoms with van der Waals surface area (Å²) < 4.78 is 31.2. The fraction of sp³-hybridized carbons (Fsp3) is 0.857. The van der Waals surface area contributed by atoms with Crippen LogP contribution in [0, 0.1) is 3.95 Å². The molecule has 1 aromatic heterocycles. The molecule has 0 aromatic carbocycles. The van der Waals surface area contributed by atoms with E-state index in [2.05, 4.69) is 17.3 Å². The van der Waals surface area contributed by atoms with Gasteiger partial charge in [0, 0.05) is 26.2 Å². The molecular weight excluding hydrogens is 368 g/mol. The van der Waals surface area contributed by atoms with Gasteiger partial charge in [0.15, 0.2) is 20.5 Å². The van der Waals surface area contributed by atoms with E-state index >= 15 is 0 Å². The number of aromatic nitrogens is 2. The van der Waals surface area contributed by atoms with Gasteiger partial charge in [-0.25, -0.2) is 8.42 Å². The fourth-order valence-electron chi connectivity index (χ4n) is 2.83. The lowest BCUT2D eigenvalue weighted by atomic mass is 10.2. The Labute approximate surface area is 152 Å². The van der Waals surface area contributed by atoms with Crippen molar-refractivity contribution in [2.24, 2.45) is 0 Å². The largest absolute Gasteiger partial charge is 0.382 e. The van der Waals surface area contributed by atoms with Crippen LogP contribution in [0.15, 0.2) is 0 Å². The molecule has 1 fully saturated rings. The minimum absolute atomic E-state index is 0.145. The van der Waals surface area contributed by atoms with Crippen LogP contribution in [0.4, 0.5) is 5.13 Å². The maximum atomic E-state index is 11.7. The Bertz CT molecular complexity index is 671. The minimum atomic E-state index is -2.87. The molecule has 0 bridgehead atoms. The highest BCUT2D eigenvalue weighted by atomic mass is 32.2. The van der Waals surface area contributed by atoms with Gasteiger partial charge in [0.1, 0.15) is 11.8 Å². The van der Waals surface area contributed by atoms with Crippen LogP contribution < -0.4 is 10.2 Å². The second-order valence-electron chi connectivity index (χ2n) is 5.92. The molecule has 0 spiro atoms. The Kier molecular flexibility index (Phi) is 7.60. The highest BCUT2D eigenvalue weighted by Crippen LogP contribution is 2.14. The molecule has 2 atom stereocenters. The van der Waals surface area contributed by atoms with E-state index in [4.69, 9.17) is 17.0 Å². The zero-order chi connectivity index (χ0) is 17.6. The van der Waals surface area contributed by atoms with Crippen molar-refractivity contribution in [1.82, 2.24) is 9.78 Å². The Morgan fingerprint density at radius 3 is 2.92 bits per heavy atom. The van der Waals surface area contributed by atoms with Crippen LogP contribution in [0.5, 0.6) is 0 Å². The summed E-state index contributed by atoms with van der Waals surface area (Å²) in [6.07, 6.45) is 1.65. The Morgan fingerprint density at radius 1 is 1.50 bits per heavy atom. The van der Waals surface area contributed by atoms with Crippen molar-refractivity contribution in [3.05, 3.63) is 3.95 Å². The van der Waals surface area contributed by atoms with Crippen LogP contribution in [-0.4, -0.2) is 62.0 Å². The summed E-state index contributed by atoms with van der Waals surface area (Å²) >= 11 is 6.86. The highest BCUT2D eigenvalue weighted by Gasteiger charge is 2.35. The van der Waals surface area contributed by atoms with Gasteiger partial charge in [-0.2, -0.15) is 4.68 Å². The second-order valence-corrected chi connectivity index (χ2v) is 9.77. The van der Waals surface area contributed by atoms with Gasteiger partial charge in [-0.15, -0.1) is 5.10 Å². The molecule has 0 aliphatic carbocycles. The molecule has 2 heterocycles. The van der Waals surface area contributed by atoms with Crippen molar-refractivity contribution < 1.29 is 18.1 Å². The van der Waals surface area contributed by atoms with Crippen molar-refractivity contribution in [1.29, 1.82) is 0 Å². The van der Waals surface area contributed by atoms with Crippen molar-refractivity contribution in [3.63, 3.8) is 0 Å². The van der Waals surface area contributed by atoms with Crippen LogP contribution >= 0.6 is 23.6 Å². The smallest absolute Gasteiger partial charge is 0.204 e. The van der Waals surface area contributed by atoms with Crippen LogP contribution in [0.2, 0.25) is 0 Å². The molecule has 10 heteroatoms. The quantitative estimate of drug-likeness (QED) is 0.445. The predicted octanol–water partition coefficient (Wildman–Crippen LogP) is 0.562. The normalized spacial score (nSPS) is 21.0. The van der Waals surface area contributed by atoms with Crippen molar-refractivity contribution in [2.45, 2.75) is 39.4 Å². The third kappa shape index (κ3) is 5.76. The standard InChI is InChI=1S/C14H26N4O3S3/c1-3-17(12-6-9-24(19,20)10-12)11-18-14(22)23-13(16-18)15-7-5-8-21-4-2/h12H,3-11H2,1-2H3,(H,15,16)/p+1/t12-/m1/s1. The number of sulfone groups is 1. The van der Waals surface area contributed by atoms with E-state index in [0.717, 1.165) is 44.3 Å². The van der Waals surface area contributed by atoms with Crippen LogP contribution in [0.25, 0.3) is 0 Å². The summed E-state index contributed by atoms with van der Waals surface area (Å²) in [4.78, 5) is 1.22. The monoisotopic (exact) mass is 395 g/mol. The van der Waals surface area contributed by atoms with Gasteiger partial charge >= 0.3 is 0 Å². The van der Waals surface area contributed by atoms with Gasteiger partial charge in [0.25, 0.3) is 0 Å². The van der Waals surface area contributed by atoms with Crippen LogP contribution in [0.1, 0.15) is 26.7 Å². The number of anilines is 1.